The Morgan fingerprint density at radius 3 is 2.59 bits per heavy atom. The number of benzene rings is 2. The zero-order valence-corrected chi connectivity index (χ0v) is 15.7. The fourth-order valence-electron chi connectivity index (χ4n) is 3.36. The number of amides is 1. The molecule has 0 saturated carbocycles. The summed E-state index contributed by atoms with van der Waals surface area (Å²) in [6.45, 7) is -0.824. The topological polar surface area (TPSA) is 60.1 Å². The monoisotopic (exact) mass is 395 g/mol. The predicted octanol–water partition coefficient (Wildman–Crippen LogP) is 5.22. The van der Waals surface area contributed by atoms with Crippen LogP contribution in [0.4, 0.5) is 8.78 Å². The van der Waals surface area contributed by atoms with Gasteiger partial charge in [0.1, 0.15) is 5.82 Å². The zero-order valence-electron chi connectivity index (χ0n) is 15.7. The minimum Gasteiger partial charge on any atom is -0.459 e. The van der Waals surface area contributed by atoms with Crippen LogP contribution in [-0.4, -0.2) is 22.0 Å². The molecule has 4 rings (SSSR count). The maximum atomic E-state index is 13.6. The number of carbonyl (C=O) groups is 1. The van der Waals surface area contributed by atoms with Crippen LogP contribution in [0.2, 0.25) is 0 Å². The van der Waals surface area contributed by atoms with Crippen LogP contribution in [0.5, 0.6) is 0 Å². The lowest BCUT2D eigenvalue weighted by molar-refractivity contribution is 0.0703. The number of para-hydroxylation sites is 2. The van der Waals surface area contributed by atoms with Crippen LogP contribution in [0.25, 0.3) is 22.2 Å². The lowest BCUT2D eigenvalue weighted by Gasteiger charge is -2.15. The van der Waals surface area contributed by atoms with Gasteiger partial charge in [-0.25, -0.2) is 4.98 Å². The molecule has 2 aromatic carbocycles. The summed E-state index contributed by atoms with van der Waals surface area (Å²) in [5.74, 6) is -0.411. The van der Waals surface area contributed by atoms with Gasteiger partial charge in [0.15, 0.2) is 5.76 Å². The molecule has 29 heavy (non-hydrogen) atoms. The minimum absolute atomic E-state index is 0.143. The van der Waals surface area contributed by atoms with Gasteiger partial charge in [-0.1, -0.05) is 49.4 Å². The Bertz CT molecular complexity index is 1140. The molecule has 0 aliphatic heterocycles. The molecule has 0 fully saturated rings. The average molecular weight is 395 g/mol. The van der Waals surface area contributed by atoms with E-state index >= 15 is 0 Å². The molecular formula is C22H19F2N3O2. The maximum absolute atomic E-state index is 13.6. The first-order valence-electron chi connectivity index (χ1n) is 9.22. The summed E-state index contributed by atoms with van der Waals surface area (Å²) in [6.07, 6.45) is 1.46. The molecule has 0 unspecified atom stereocenters. The number of halogens is 2. The van der Waals surface area contributed by atoms with E-state index in [1.165, 1.54) is 6.26 Å². The van der Waals surface area contributed by atoms with E-state index in [0.717, 1.165) is 10.1 Å². The van der Waals surface area contributed by atoms with E-state index in [-0.39, 0.29) is 18.1 Å². The Kier molecular flexibility index (Phi) is 5.12. The van der Waals surface area contributed by atoms with Gasteiger partial charge in [-0.3, -0.25) is 9.36 Å². The Labute approximate surface area is 166 Å². The molecule has 0 aliphatic rings. The number of nitrogens with one attached hydrogen (secondary N) is 1. The number of alkyl halides is 2. The molecule has 0 bridgehead atoms. The van der Waals surface area contributed by atoms with Gasteiger partial charge in [-0.05, 0) is 23.8 Å². The highest BCUT2D eigenvalue weighted by molar-refractivity contribution is 5.98. The first kappa shape index (κ1) is 18.9. The number of nitrogens with zero attached hydrogens (tertiary/aromatic N) is 2. The highest BCUT2D eigenvalue weighted by atomic mass is 19.3. The van der Waals surface area contributed by atoms with E-state index in [2.05, 4.69) is 10.3 Å². The molecule has 5 nitrogen and oxygen atoms in total. The number of aromatic nitrogens is 2. The third-order valence-electron chi connectivity index (χ3n) is 4.78. The molecule has 0 saturated heterocycles. The SMILES string of the molecule is C[C@@H](CNC(=O)c1occc1-c1ccccc1)c1nc2ccccc2n1C(F)F. The van der Waals surface area contributed by atoms with Crippen molar-refractivity contribution in [3.63, 3.8) is 0 Å². The van der Waals surface area contributed by atoms with E-state index in [1.807, 2.05) is 30.3 Å². The van der Waals surface area contributed by atoms with Gasteiger partial charge in [0, 0.05) is 18.0 Å². The second-order valence-electron chi connectivity index (χ2n) is 6.75. The summed E-state index contributed by atoms with van der Waals surface area (Å²) in [4.78, 5) is 17.0. The van der Waals surface area contributed by atoms with Crippen molar-refractivity contribution in [3.8, 4) is 11.1 Å². The van der Waals surface area contributed by atoms with Crippen molar-refractivity contribution in [2.45, 2.75) is 19.4 Å². The van der Waals surface area contributed by atoms with Crippen LogP contribution < -0.4 is 5.32 Å². The van der Waals surface area contributed by atoms with Gasteiger partial charge in [0.05, 0.1) is 17.3 Å². The minimum atomic E-state index is -2.72. The highest BCUT2D eigenvalue weighted by Crippen LogP contribution is 2.28. The van der Waals surface area contributed by atoms with Crippen molar-refractivity contribution in [3.05, 3.63) is 78.5 Å². The number of furan rings is 1. The summed E-state index contributed by atoms with van der Waals surface area (Å²) in [5, 5.41) is 2.77. The molecular weight excluding hydrogens is 376 g/mol. The van der Waals surface area contributed by atoms with Gasteiger partial charge in [0.25, 0.3) is 5.91 Å². The highest BCUT2D eigenvalue weighted by Gasteiger charge is 2.23. The van der Waals surface area contributed by atoms with Crippen molar-refractivity contribution in [1.29, 1.82) is 0 Å². The molecule has 148 valence electrons. The van der Waals surface area contributed by atoms with Crippen molar-refractivity contribution in [1.82, 2.24) is 14.9 Å². The van der Waals surface area contributed by atoms with Gasteiger partial charge in [-0.2, -0.15) is 8.78 Å². The standard InChI is InChI=1S/C22H19F2N3O2/c1-14(20-26-17-9-5-6-10-18(17)27(20)22(23)24)13-25-21(28)19-16(11-12-29-19)15-7-3-2-4-8-15/h2-12,14,22H,13H2,1H3,(H,25,28)/t14-/m0/s1. The van der Waals surface area contributed by atoms with Crippen molar-refractivity contribution in [2.24, 2.45) is 0 Å². The second kappa shape index (κ2) is 7.87. The zero-order chi connectivity index (χ0) is 20.4. The molecule has 1 amide bonds. The molecule has 2 heterocycles. The van der Waals surface area contributed by atoms with Crippen LogP contribution in [0.15, 0.2) is 71.3 Å². The number of fused-ring (bicyclic) bond motifs is 1. The Balaban J connectivity index is 1.53. The van der Waals surface area contributed by atoms with Gasteiger partial charge < -0.3 is 9.73 Å². The average Bonchev–Trinajstić information content (AvgIpc) is 3.37. The van der Waals surface area contributed by atoms with Crippen molar-refractivity contribution in [2.75, 3.05) is 6.54 Å². The van der Waals surface area contributed by atoms with E-state index in [0.29, 0.717) is 16.6 Å². The lowest BCUT2D eigenvalue weighted by atomic mass is 10.1. The van der Waals surface area contributed by atoms with Crippen molar-refractivity contribution < 1.29 is 18.0 Å². The van der Waals surface area contributed by atoms with E-state index in [4.69, 9.17) is 4.42 Å². The number of rotatable bonds is 6. The number of hydrogen-bond donors (Lipinski definition) is 1. The Morgan fingerprint density at radius 2 is 1.83 bits per heavy atom. The number of hydrogen-bond acceptors (Lipinski definition) is 3. The Hall–Kier alpha value is -3.48. The smallest absolute Gasteiger partial charge is 0.320 e. The van der Waals surface area contributed by atoms with Gasteiger partial charge in [-0.15, -0.1) is 0 Å². The molecule has 4 aromatic rings. The first-order valence-corrected chi connectivity index (χ1v) is 9.22. The van der Waals surface area contributed by atoms with E-state index in [9.17, 15) is 13.6 Å². The second-order valence-corrected chi connectivity index (χ2v) is 6.75. The molecule has 0 radical (unpaired) electrons. The van der Waals surface area contributed by atoms with E-state index in [1.54, 1.807) is 37.3 Å². The van der Waals surface area contributed by atoms with Gasteiger partial charge in [0.2, 0.25) is 0 Å². The van der Waals surface area contributed by atoms with Crippen LogP contribution in [-0.2, 0) is 0 Å². The maximum Gasteiger partial charge on any atom is 0.320 e. The lowest BCUT2D eigenvalue weighted by Crippen LogP contribution is -2.28. The molecule has 2 aromatic heterocycles. The van der Waals surface area contributed by atoms with E-state index < -0.39 is 18.4 Å². The summed E-state index contributed by atoms with van der Waals surface area (Å²) in [6, 6.07) is 17.9. The molecule has 0 aliphatic carbocycles. The summed E-state index contributed by atoms with van der Waals surface area (Å²) in [7, 11) is 0. The van der Waals surface area contributed by atoms with Crippen LogP contribution in [0, 0.1) is 0 Å². The molecule has 0 spiro atoms. The molecule has 1 atom stereocenters. The predicted molar refractivity (Wildman–Crippen MR) is 106 cm³/mol. The third kappa shape index (κ3) is 3.63. The fraction of sp³-hybridized carbons (Fsp3) is 0.182. The third-order valence-corrected chi connectivity index (χ3v) is 4.78. The van der Waals surface area contributed by atoms with Gasteiger partial charge >= 0.3 is 6.55 Å². The number of carbonyl (C=O) groups excluding carboxylic acids is 1. The molecule has 7 heteroatoms. The van der Waals surface area contributed by atoms with Crippen LogP contribution >= 0.6 is 0 Å². The summed E-state index contributed by atoms with van der Waals surface area (Å²) in [5.41, 5.74) is 2.40. The quantitative estimate of drug-likeness (QED) is 0.487. The summed E-state index contributed by atoms with van der Waals surface area (Å²) >= 11 is 0. The fourth-order valence-corrected chi connectivity index (χ4v) is 3.36. The summed E-state index contributed by atoms with van der Waals surface area (Å²) < 4.78 is 33.6. The number of imidazole rings is 1. The Morgan fingerprint density at radius 1 is 1.10 bits per heavy atom. The first-order chi connectivity index (χ1) is 14.1. The largest absolute Gasteiger partial charge is 0.459 e. The molecule has 1 N–H and O–H groups in total. The van der Waals surface area contributed by atoms with Crippen LogP contribution in [0.3, 0.4) is 0 Å². The van der Waals surface area contributed by atoms with Crippen molar-refractivity contribution >= 4 is 16.9 Å². The normalized spacial score (nSPS) is 12.4. The van der Waals surface area contributed by atoms with Crippen LogP contribution in [0.1, 0.15) is 35.8 Å².